The molecular weight excluding hydrogens is 486 g/mol. The first-order valence-electron chi connectivity index (χ1n) is 10.1. The molecule has 188 valence electrons. The standard InChI is InChI=1S/C20H29N5O7S2/c1-10(23-18(29)13(21)8-33)17(28)22-7-16(27)24-14(6-11-2-4-12(26)5-3-11)19(30)25-15(9-34)20(31)32/h2-5,10,13-15,26,33-34H,6-9,21H2,1H3,(H,22,28)(H,23,29)(H,24,27)(H,25,30)(H,31,32)/t10-,13-,14-,15-/m0/s1. The molecule has 0 aliphatic rings. The number of carboxylic acids is 1. The third-order valence-corrected chi connectivity index (χ3v) is 5.29. The Hall–Kier alpha value is -2.97. The highest BCUT2D eigenvalue weighted by Crippen LogP contribution is 2.11. The van der Waals surface area contributed by atoms with E-state index >= 15 is 0 Å². The van der Waals surface area contributed by atoms with Gasteiger partial charge in [0.2, 0.25) is 23.6 Å². The van der Waals surface area contributed by atoms with Crippen LogP contribution in [-0.4, -0.2) is 82.0 Å². The van der Waals surface area contributed by atoms with Crippen LogP contribution in [0.5, 0.6) is 5.75 Å². The summed E-state index contributed by atoms with van der Waals surface area (Å²) in [5, 5.41) is 28.0. The highest BCUT2D eigenvalue weighted by atomic mass is 32.1. The molecule has 0 radical (unpaired) electrons. The Kier molecular flexibility index (Phi) is 12.2. The second-order valence-electron chi connectivity index (χ2n) is 7.31. The number of rotatable bonds is 13. The number of carbonyl (C=O) groups is 5. The average Bonchev–Trinajstić information content (AvgIpc) is 2.80. The number of carbonyl (C=O) groups excluding carboxylic acids is 4. The van der Waals surface area contributed by atoms with Gasteiger partial charge in [-0.15, -0.1) is 0 Å². The summed E-state index contributed by atoms with van der Waals surface area (Å²) in [6.07, 6.45) is -0.0151. The molecule has 1 aromatic carbocycles. The van der Waals surface area contributed by atoms with Gasteiger partial charge in [0.05, 0.1) is 12.6 Å². The number of hydrogen-bond acceptors (Lipinski definition) is 9. The van der Waals surface area contributed by atoms with Gasteiger partial charge in [-0.05, 0) is 24.6 Å². The van der Waals surface area contributed by atoms with Crippen molar-refractivity contribution in [3.63, 3.8) is 0 Å². The minimum atomic E-state index is -1.29. The minimum absolute atomic E-state index is 0.00838. The lowest BCUT2D eigenvalue weighted by atomic mass is 10.0. The van der Waals surface area contributed by atoms with Crippen LogP contribution in [-0.2, 0) is 30.4 Å². The number of benzene rings is 1. The van der Waals surface area contributed by atoms with Crippen LogP contribution < -0.4 is 27.0 Å². The van der Waals surface area contributed by atoms with Gasteiger partial charge in [-0.1, -0.05) is 12.1 Å². The van der Waals surface area contributed by atoms with Crippen molar-refractivity contribution >= 4 is 54.9 Å². The number of nitrogens with two attached hydrogens (primary N) is 1. The van der Waals surface area contributed by atoms with Gasteiger partial charge in [-0.25, -0.2) is 4.79 Å². The molecule has 0 heterocycles. The van der Waals surface area contributed by atoms with Crippen molar-refractivity contribution in [3.05, 3.63) is 29.8 Å². The van der Waals surface area contributed by atoms with E-state index in [1.165, 1.54) is 31.2 Å². The van der Waals surface area contributed by atoms with Gasteiger partial charge in [-0.2, -0.15) is 25.3 Å². The monoisotopic (exact) mass is 515 g/mol. The largest absolute Gasteiger partial charge is 0.508 e. The molecular formula is C20H29N5O7S2. The fourth-order valence-electron chi connectivity index (χ4n) is 2.57. The summed E-state index contributed by atoms with van der Waals surface area (Å²) in [6, 6.07) is 1.55. The molecule has 0 bridgehead atoms. The van der Waals surface area contributed by atoms with E-state index in [2.05, 4.69) is 46.5 Å². The summed E-state index contributed by atoms with van der Waals surface area (Å²) in [5.74, 6) is -4.10. The van der Waals surface area contributed by atoms with E-state index < -0.39 is 60.3 Å². The molecule has 1 aromatic rings. The van der Waals surface area contributed by atoms with Crippen LogP contribution in [0.25, 0.3) is 0 Å². The van der Waals surface area contributed by atoms with Gasteiger partial charge in [0.15, 0.2) is 0 Å². The average molecular weight is 516 g/mol. The number of nitrogens with one attached hydrogen (secondary N) is 4. The Bertz CT molecular complexity index is 885. The molecule has 1 rings (SSSR count). The molecule has 4 atom stereocenters. The van der Waals surface area contributed by atoms with E-state index in [0.29, 0.717) is 5.56 Å². The molecule has 0 unspecified atom stereocenters. The van der Waals surface area contributed by atoms with Crippen LogP contribution in [0.4, 0.5) is 0 Å². The van der Waals surface area contributed by atoms with Crippen molar-refractivity contribution in [1.82, 2.24) is 21.3 Å². The van der Waals surface area contributed by atoms with Crippen LogP contribution in [0.1, 0.15) is 12.5 Å². The van der Waals surface area contributed by atoms with E-state index in [-0.39, 0.29) is 23.7 Å². The maximum atomic E-state index is 12.7. The fraction of sp³-hybridized carbons (Fsp3) is 0.450. The zero-order chi connectivity index (χ0) is 25.8. The first-order chi connectivity index (χ1) is 16.0. The second kappa shape index (κ2) is 14.3. The molecule has 8 N–H and O–H groups in total. The van der Waals surface area contributed by atoms with E-state index in [0.717, 1.165) is 0 Å². The molecule has 0 aliphatic carbocycles. The van der Waals surface area contributed by atoms with Crippen LogP contribution >= 0.6 is 25.3 Å². The number of thiol groups is 2. The van der Waals surface area contributed by atoms with Gasteiger partial charge in [0, 0.05) is 17.9 Å². The van der Waals surface area contributed by atoms with E-state index in [1.807, 2.05) is 0 Å². The summed E-state index contributed by atoms with van der Waals surface area (Å²) >= 11 is 7.80. The molecule has 12 nitrogen and oxygen atoms in total. The number of hydrogen-bond donors (Lipinski definition) is 9. The summed E-state index contributed by atoms with van der Waals surface area (Å²) in [6.45, 7) is 0.896. The van der Waals surface area contributed by atoms with Crippen molar-refractivity contribution in [2.75, 3.05) is 18.1 Å². The zero-order valence-corrected chi connectivity index (χ0v) is 20.1. The predicted molar refractivity (Wildman–Crippen MR) is 130 cm³/mol. The smallest absolute Gasteiger partial charge is 0.327 e. The van der Waals surface area contributed by atoms with E-state index in [9.17, 15) is 29.1 Å². The van der Waals surface area contributed by atoms with Gasteiger partial charge >= 0.3 is 5.97 Å². The quantitative estimate of drug-likeness (QED) is 0.132. The van der Waals surface area contributed by atoms with Gasteiger partial charge in [0.1, 0.15) is 23.9 Å². The van der Waals surface area contributed by atoms with Crippen LogP contribution in [0.3, 0.4) is 0 Å². The first kappa shape index (κ1) is 29.1. The molecule has 0 spiro atoms. The Morgan fingerprint density at radius 1 is 0.912 bits per heavy atom. The van der Waals surface area contributed by atoms with Crippen molar-refractivity contribution in [2.24, 2.45) is 5.73 Å². The normalized spacial score (nSPS) is 14.1. The maximum Gasteiger partial charge on any atom is 0.327 e. The molecule has 0 aromatic heterocycles. The zero-order valence-electron chi connectivity index (χ0n) is 18.4. The van der Waals surface area contributed by atoms with Gasteiger partial charge in [0.25, 0.3) is 0 Å². The van der Waals surface area contributed by atoms with Crippen molar-refractivity contribution in [1.29, 1.82) is 0 Å². The summed E-state index contributed by atoms with van der Waals surface area (Å²) in [4.78, 5) is 60.2. The minimum Gasteiger partial charge on any atom is -0.508 e. The van der Waals surface area contributed by atoms with Crippen molar-refractivity contribution < 1.29 is 34.2 Å². The number of phenolic OH excluding ortho intramolecular Hbond substituents is 1. The lowest BCUT2D eigenvalue weighted by Gasteiger charge is -2.21. The Labute approximate surface area is 207 Å². The van der Waals surface area contributed by atoms with Crippen LogP contribution in [0.15, 0.2) is 24.3 Å². The number of carboxylic acid groups (broad SMARTS) is 1. The second-order valence-corrected chi connectivity index (χ2v) is 8.04. The summed E-state index contributed by atoms with van der Waals surface area (Å²) in [5.41, 5.74) is 6.11. The topological polar surface area (TPSA) is 200 Å². The number of aromatic hydroxyl groups is 1. The maximum absolute atomic E-state index is 12.7. The van der Waals surface area contributed by atoms with Crippen molar-refractivity contribution in [3.8, 4) is 5.75 Å². The van der Waals surface area contributed by atoms with Crippen LogP contribution in [0.2, 0.25) is 0 Å². The predicted octanol–water partition coefficient (Wildman–Crippen LogP) is -2.20. The van der Waals surface area contributed by atoms with Crippen molar-refractivity contribution in [2.45, 2.75) is 37.5 Å². The Balaban J connectivity index is 2.79. The summed E-state index contributed by atoms with van der Waals surface area (Å²) < 4.78 is 0. The fourth-order valence-corrected chi connectivity index (χ4v) is 2.98. The number of phenols is 1. The first-order valence-corrected chi connectivity index (χ1v) is 11.4. The Morgan fingerprint density at radius 2 is 1.53 bits per heavy atom. The van der Waals surface area contributed by atoms with E-state index in [4.69, 9.17) is 10.8 Å². The highest BCUT2D eigenvalue weighted by Gasteiger charge is 2.27. The Morgan fingerprint density at radius 3 is 2.06 bits per heavy atom. The molecule has 34 heavy (non-hydrogen) atoms. The highest BCUT2D eigenvalue weighted by molar-refractivity contribution is 7.80. The third-order valence-electron chi connectivity index (χ3n) is 4.53. The SMILES string of the molecule is C[C@H](NC(=O)[C@@H](N)CS)C(=O)NCC(=O)N[C@@H](Cc1ccc(O)cc1)C(=O)N[C@@H](CS)C(=O)O. The lowest BCUT2D eigenvalue weighted by Crippen LogP contribution is -2.55. The van der Waals surface area contributed by atoms with Gasteiger partial charge in [-0.3, -0.25) is 19.2 Å². The molecule has 0 saturated heterocycles. The molecule has 4 amide bonds. The lowest BCUT2D eigenvalue weighted by molar-refractivity contribution is -0.141. The van der Waals surface area contributed by atoms with E-state index in [1.54, 1.807) is 0 Å². The van der Waals surface area contributed by atoms with Crippen LogP contribution in [0, 0.1) is 0 Å². The molecule has 0 fully saturated rings. The third kappa shape index (κ3) is 9.89. The van der Waals surface area contributed by atoms with Gasteiger partial charge < -0.3 is 37.2 Å². The summed E-state index contributed by atoms with van der Waals surface area (Å²) in [7, 11) is 0. The molecule has 0 aliphatic heterocycles. The molecule has 0 saturated carbocycles. The number of amides is 4. The number of aliphatic carboxylic acids is 1. The molecule has 14 heteroatoms.